The summed E-state index contributed by atoms with van der Waals surface area (Å²) in [5.74, 6) is 0. The van der Waals surface area contributed by atoms with Crippen molar-refractivity contribution in [1.82, 2.24) is 0 Å². The van der Waals surface area contributed by atoms with Crippen molar-refractivity contribution in [3.63, 3.8) is 0 Å². The molecule has 0 radical (unpaired) electrons. The fourth-order valence-corrected chi connectivity index (χ4v) is 11.5. The van der Waals surface area contributed by atoms with Crippen molar-refractivity contribution in [2.24, 2.45) is 0 Å². The van der Waals surface area contributed by atoms with Gasteiger partial charge in [-0.2, -0.15) is 0 Å². The lowest BCUT2D eigenvalue weighted by atomic mass is 11.8. The van der Waals surface area contributed by atoms with E-state index in [9.17, 15) is 0 Å². The van der Waals surface area contributed by atoms with Crippen molar-refractivity contribution in [3.05, 3.63) is 0 Å². The maximum absolute atomic E-state index is 5.62. The molecule has 0 aromatic carbocycles. The van der Waals surface area contributed by atoms with Gasteiger partial charge in [-0.1, -0.05) is 0 Å². The lowest BCUT2D eigenvalue weighted by Gasteiger charge is -2.29. The van der Waals surface area contributed by atoms with E-state index < -0.39 is 37.6 Å². The summed E-state index contributed by atoms with van der Waals surface area (Å²) in [5.41, 5.74) is 0. The van der Waals surface area contributed by atoms with Crippen LogP contribution in [0.3, 0.4) is 0 Å². The van der Waals surface area contributed by atoms with Crippen LogP contribution in [0.25, 0.3) is 0 Å². The van der Waals surface area contributed by atoms with Gasteiger partial charge in [0.15, 0.2) is 0 Å². The van der Waals surface area contributed by atoms with Gasteiger partial charge in [-0.15, -0.1) is 0 Å². The molecule has 1 rings (SSSR count). The van der Waals surface area contributed by atoms with Crippen LogP contribution in [0.1, 0.15) is 0 Å². The van der Waals surface area contributed by atoms with Crippen LogP contribution in [0.4, 0.5) is 0 Å². The third-order valence-corrected chi connectivity index (χ3v) is 12.1. The van der Waals surface area contributed by atoms with Crippen LogP contribution in [0, 0.1) is 0 Å². The first-order valence-electron chi connectivity index (χ1n) is 4.33. The Morgan fingerprint density at radius 1 is 0.714 bits per heavy atom. The highest BCUT2D eigenvalue weighted by atomic mass is 28.5. The van der Waals surface area contributed by atoms with Crippen LogP contribution >= 0.6 is 0 Å². The lowest BCUT2D eigenvalue weighted by molar-refractivity contribution is 0.153. The summed E-state index contributed by atoms with van der Waals surface area (Å²) < 4.78 is 32.5. The van der Waals surface area contributed by atoms with E-state index >= 15 is 0 Å². The molecule has 1 aliphatic heterocycles. The van der Waals surface area contributed by atoms with Crippen LogP contribution in [-0.2, 0) is 25.3 Å². The highest BCUT2D eigenvalue weighted by Gasteiger charge is 2.32. The fourth-order valence-electron chi connectivity index (χ4n) is 1.02. The van der Waals surface area contributed by atoms with E-state index in [0.717, 1.165) is 0 Å². The predicted octanol–water partition coefficient (Wildman–Crippen LogP) is -1.51. The van der Waals surface area contributed by atoms with E-state index in [4.69, 9.17) is 25.3 Å². The molecule has 0 spiro atoms. The zero-order valence-corrected chi connectivity index (χ0v) is 13.4. The molecule has 1 saturated heterocycles. The summed E-state index contributed by atoms with van der Waals surface area (Å²) in [6, 6.07) is 0. The van der Waals surface area contributed by atoms with Crippen LogP contribution in [-0.4, -0.2) is 51.8 Å². The van der Waals surface area contributed by atoms with Crippen molar-refractivity contribution in [1.29, 1.82) is 0 Å². The van der Waals surface area contributed by atoms with Gasteiger partial charge in [-0.25, -0.2) is 0 Å². The summed E-state index contributed by atoms with van der Waals surface area (Å²) in [6.45, 7) is 3.90. The van der Waals surface area contributed by atoms with E-state index in [1.807, 2.05) is 13.1 Å². The maximum Gasteiger partial charge on any atom is 0.467 e. The quantitative estimate of drug-likeness (QED) is 0.570. The Kier molecular flexibility index (Phi) is 5.68. The maximum atomic E-state index is 5.62. The predicted molar refractivity (Wildman–Crippen MR) is 58.7 cm³/mol. The molecule has 1 aliphatic rings. The van der Waals surface area contributed by atoms with Gasteiger partial charge in [0.25, 0.3) is 0 Å². The summed E-state index contributed by atoms with van der Waals surface area (Å²) in [7, 11) is -4.25. The summed E-state index contributed by atoms with van der Waals surface area (Å²) in [6.07, 6.45) is 0. The van der Waals surface area contributed by atoms with Gasteiger partial charge < -0.3 is 25.3 Å². The van der Waals surface area contributed by atoms with Crippen molar-refractivity contribution in [2.45, 2.75) is 13.1 Å². The van der Waals surface area contributed by atoms with Gasteiger partial charge in [0.1, 0.15) is 0 Å². The molecule has 0 saturated carbocycles. The summed E-state index contributed by atoms with van der Waals surface area (Å²) in [5, 5.41) is 0. The average molecular weight is 273 g/mol. The molecular weight excluding hydrogens is 256 g/mol. The van der Waals surface area contributed by atoms with E-state index in [2.05, 4.69) is 0 Å². The fraction of sp³-hybridized carbons (Fsp3) is 1.00. The van der Waals surface area contributed by atoms with Crippen molar-refractivity contribution < 1.29 is 25.3 Å². The SMILES string of the molecule is CO[SiH]1O[SiH](C)O[SiH](C)O[SiH](OC)O1. The van der Waals surface area contributed by atoms with E-state index in [0.29, 0.717) is 0 Å². The second-order valence-electron chi connectivity index (χ2n) is 2.73. The summed E-state index contributed by atoms with van der Waals surface area (Å²) >= 11 is 0. The van der Waals surface area contributed by atoms with Crippen molar-refractivity contribution in [3.8, 4) is 0 Å². The molecule has 4 atom stereocenters. The van der Waals surface area contributed by atoms with Gasteiger partial charge in [-0.3, -0.25) is 0 Å². The Balaban J connectivity index is 2.52. The molecule has 0 bridgehead atoms. The molecule has 0 N–H and O–H groups in total. The zero-order chi connectivity index (χ0) is 10.6. The van der Waals surface area contributed by atoms with Gasteiger partial charge in [0.05, 0.1) is 0 Å². The normalized spacial score (nSPS) is 40.3. The van der Waals surface area contributed by atoms with E-state index in [-0.39, 0.29) is 0 Å². The molecule has 0 aromatic rings. The highest BCUT2D eigenvalue weighted by Crippen LogP contribution is 2.07. The Bertz CT molecular complexity index is 156. The largest absolute Gasteiger partial charge is 0.467 e. The Morgan fingerprint density at radius 2 is 1.14 bits per heavy atom. The minimum absolute atomic E-state index is 1.57. The molecule has 14 heavy (non-hydrogen) atoms. The van der Waals surface area contributed by atoms with Crippen LogP contribution in [0.2, 0.25) is 13.1 Å². The van der Waals surface area contributed by atoms with Crippen LogP contribution in [0.5, 0.6) is 0 Å². The van der Waals surface area contributed by atoms with Crippen LogP contribution < -0.4 is 0 Å². The van der Waals surface area contributed by atoms with Gasteiger partial charge >= 0.3 is 37.6 Å². The monoisotopic (exact) mass is 272 g/mol. The third kappa shape index (κ3) is 4.01. The minimum atomic E-state index is -2.07. The van der Waals surface area contributed by atoms with Crippen LogP contribution in [0.15, 0.2) is 0 Å². The van der Waals surface area contributed by atoms with Gasteiger partial charge in [0, 0.05) is 14.2 Å². The second-order valence-corrected chi connectivity index (χ2v) is 11.5. The van der Waals surface area contributed by atoms with Crippen molar-refractivity contribution >= 4 is 37.6 Å². The third-order valence-electron chi connectivity index (χ3n) is 1.60. The lowest BCUT2D eigenvalue weighted by Crippen LogP contribution is -2.48. The molecule has 1 fully saturated rings. The van der Waals surface area contributed by atoms with Gasteiger partial charge in [0.2, 0.25) is 0 Å². The second kappa shape index (κ2) is 6.26. The smallest absolute Gasteiger partial charge is 0.420 e. The minimum Gasteiger partial charge on any atom is -0.420 e. The molecular formula is C4H16O6Si4. The molecule has 4 unspecified atom stereocenters. The van der Waals surface area contributed by atoms with E-state index in [1.165, 1.54) is 0 Å². The Labute approximate surface area is 90.7 Å². The molecule has 10 heteroatoms. The number of hydrogen-bond donors (Lipinski definition) is 0. The molecule has 0 amide bonds. The molecule has 6 nitrogen and oxygen atoms in total. The first-order valence-corrected chi connectivity index (χ1v) is 11.4. The van der Waals surface area contributed by atoms with E-state index in [1.54, 1.807) is 14.2 Å². The standard InChI is InChI=1S/C4H16O6Si4/c1-5-13-8-11(3)7-12(4)9-14(6-2)10-13/h11-14H,1-4H3. The molecule has 0 aliphatic carbocycles. The highest BCUT2D eigenvalue weighted by molar-refractivity contribution is 6.70. The first-order chi connectivity index (χ1) is 6.65. The number of hydrogen-bond acceptors (Lipinski definition) is 6. The van der Waals surface area contributed by atoms with Gasteiger partial charge in [-0.05, 0) is 13.1 Å². The molecule has 0 aromatic heterocycles. The Morgan fingerprint density at radius 3 is 1.50 bits per heavy atom. The summed E-state index contributed by atoms with van der Waals surface area (Å²) in [4.78, 5) is 0. The molecule has 84 valence electrons. The zero-order valence-electron chi connectivity index (χ0n) is 8.76. The first kappa shape index (κ1) is 12.7. The topological polar surface area (TPSA) is 55.4 Å². The molecule has 1 heterocycles. The Hall–Kier alpha value is 0.628. The average Bonchev–Trinajstić information content (AvgIpc) is 2.12. The van der Waals surface area contributed by atoms with Crippen molar-refractivity contribution in [2.75, 3.05) is 14.2 Å². The number of rotatable bonds is 2.